The van der Waals surface area contributed by atoms with Gasteiger partial charge in [-0.15, -0.1) is 0 Å². The first kappa shape index (κ1) is 9.69. The van der Waals surface area contributed by atoms with Crippen molar-refractivity contribution in [3.8, 4) is 5.75 Å². The van der Waals surface area contributed by atoms with Gasteiger partial charge >= 0.3 is 0 Å². The van der Waals surface area contributed by atoms with E-state index in [2.05, 4.69) is 0 Å². The smallest absolute Gasteiger partial charge is 0.231 e. The lowest BCUT2D eigenvalue weighted by atomic mass is 10.3. The topological polar surface area (TPSA) is 61.2 Å². The van der Waals surface area contributed by atoms with Gasteiger partial charge in [-0.25, -0.2) is 10.2 Å². The molecule has 0 aromatic heterocycles. The van der Waals surface area contributed by atoms with Crippen LogP contribution in [0.2, 0.25) is 5.02 Å². The number of aromatic hydroxyl groups is 1. The fourth-order valence-corrected chi connectivity index (χ4v) is 0.567. The molecule has 0 aliphatic rings. The average Bonchev–Trinajstić information content (AvgIpc) is 1.97. The van der Waals surface area contributed by atoms with Crippen LogP contribution in [-0.2, 0) is 4.79 Å². The molecule has 0 bridgehead atoms. The van der Waals surface area contributed by atoms with Crippen LogP contribution >= 0.6 is 11.6 Å². The zero-order valence-corrected chi connectivity index (χ0v) is 6.30. The number of carbonyl (C=O) groups excluding carboxylic acids is 1. The molecule has 11 heavy (non-hydrogen) atoms. The first-order valence-corrected chi connectivity index (χ1v) is 3.07. The van der Waals surface area contributed by atoms with Gasteiger partial charge in [-0.2, -0.15) is 0 Å². The van der Waals surface area contributed by atoms with E-state index in [1.54, 1.807) is 24.3 Å². The molecule has 0 saturated heterocycles. The van der Waals surface area contributed by atoms with Gasteiger partial charge in [0.05, 0.1) is 0 Å². The highest BCUT2D eigenvalue weighted by Gasteiger charge is 1.84. The molecule has 0 atom stereocenters. The Hall–Kier alpha value is -1.31. The molecule has 2 N–H and O–H groups in total. The van der Waals surface area contributed by atoms with Crippen molar-refractivity contribution in [3.63, 3.8) is 0 Å². The first-order valence-electron chi connectivity index (χ1n) is 2.69. The van der Waals surface area contributed by atoms with Crippen molar-refractivity contribution in [1.29, 1.82) is 5.41 Å². The summed E-state index contributed by atoms with van der Waals surface area (Å²) in [6.07, 6.45) is 0.750. The summed E-state index contributed by atoms with van der Waals surface area (Å²) in [5, 5.41) is 14.7. The SMILES string of the molecule is N=C=O.Oc1ccc(Cl)cc1. The van der Waals surface area contributed by atoms with Crippen molar-refractivity contribution in [2.75, 3.05) is 0 Å². The maximum Gasteiger partial charge on any atom is 0.231 e. The van der Waals surface area contributed by atoms with Crippen LogP contribution in [0.25, 0.3) is 0 Å². The van der Waals surface area contributed by atoms with Crippen molar-refractivity contribution in [1.82, 2.24) is 0 Å². The number of isocyanates is 1. The molecule has 0 aliphatic carbocycles. The minimum Gasteiger partial charge on any atom is -0.508 e. The van der Waals surface area contributed by atoms with E-state index in [9.17, 15) is 0 Å². The molecule has 0 saturated carbocycles. The van der Waals surface area contributed by atoms with Crippen molar-refractivity contribution in [2.45, 2.75) is 0 Å². The van der Waals surface area contributed by atoms with E-state index in [0.29, 0.717) is 5.02 Å². The minimum atomic E-state index is 0.245. The molecule has 0 radical (unpaired) electrons. The average molecular weight is 172 g/mol. The fourth-order valence-electron chi connectivity index (χ4n) is 0.441. The van der Waals surface area contributed by atoms with Gasteiger partial charge in [-0.1, -0.05) is 11.6 Å². The first-order chi connectivity index (χ1) is 5.20. The van der Waals surface area contributed by atoms with Crippen LogP contribution in [0.4, 0.5) is 0 Å². The van der Waals surface area contributed by atoms with Gasteiger partial charge in [-0.05, 0) is 24.3 Å². The van der Waals surface area contributed by atoms with Crippen molar-refractivity contribution < 1.29 is 9.90 Å². The Morgan fingerprint density at radius 3 is 2.00 bits per heavy atom. The van der Waals surface area contributed by atoms with Crippen LogP contribution in [-0.4, -0.2) is 11.2 Å². The maximum atomic E-state index is 8.70. The van der Waals surface area contributed by atoms with Crippen LogP contribution in [0.1, 0.15) is 0 Å². The largest absolute Gasteiger partial charge is 0.508 e. The van der Waals surface area contributed by atoms with Gasteiger partial charge in [0.1, 0.15) is 5.75 Å². The number of phenols is 1. The van der Waals surface area contributed by atoms with E-state index in [0.717, 1.165) is 6.08 Å². The second-order valence-electron chi connectivity index (χ2n) is 1.58. The predicted octanol–water partition coefficient (Wildman–Crippen LogP) is 1.95. The summed E-state index contributed by atoms with van der Waals surface area (Å²) in [4.78, 5) is 8.35. The molecular weight excluding hydrogens is 166 g/mol. The van der Waals surface area contributed by atoms with Gasteiger partial charge in [0.2, 0.25) is 6.08 Å². The van der Waals surface area contributed by atoms with Gasteiger partial charge in [0.25, 0.3) is 0 Å². The van der Waals surface area contributed by atoms with Crippen LogP contribution in [0.15, 0.2) is 24.3 Å². The van der Waals surface area contributed by atoms with E-state index in [4.69, 9.17) is 26.9 Å². The summed E-state index contributed by atoms with van der Waals surface area (Å²) in [6.45, 7) is 0. The van der Waals surface area contributed by atoms with Gasteiger partial charge in [-0.3, -0.25) is 0 Å². The Labute approximate surface area is 68.7 Å². The summed E-state index contributed by atoms with van der Waals surface area (Å²) >= 11 is 5.50. The lowest BCUT2D eigenvalue weighted by Crippen LogP contribution is -1.61. The number of hydrogen-bond acceptors (Lipinski definition) is 3. The Morgan fingerprint density at radius 1 is 1.36 bits per heavy atom. The summed E-state index contributed by atoms with van der Waals surface area (Å²) in [6, 6.07) is 6.36. The number of rotatable bonds is 0. The van der Waals surface area contributed by atoms with Crippen LogP contribution < -0.4 is 0 Å². The molecule has 0 fully saturated rings. The molecule has 1 rings (SSSR count). The zero-order valence-electron chi connectivity index (χ0n) is 5.54. The molecule has 0 aliphatic heterocycles. The quantitative estimate of drug-likeness (QED) is 0.463. The normalized spacial score (nSPS) is 7.36. The molecule has 58 valence electrons. The Balaban J connectivity index is 0.000000292. The molecule has 3 nitrogen and oxygen atoms in total. The third-order valence-corrected chi connectivity index (χ3v) is 1.08. The molecule has 1 aromatic rings. The summed E-state index contributed by atoms with van der Waals surface area (Å²) in [5.74, 6) is 0.245. The number of benzene rings is 1. The van der Waals surface area contributed by atoms with E-state index >= 15 is 0 Å². The Kier molecular flexibility index (Phi) is 4.82. The van der Waals surface area contributed by atoms with Gasteiger partial charge < -0.3 is 5.11 Å². The second-order valence-corrected chi connectivity index (χ2v) is 2.01. The van der Waals surface area contributed by atoms with Gasteiger partial charge in [0, 0.05) is 5.02 Å². The molecule has 0 spiro atoms. The summed E-state index contributed by atoms with van der Waals surface area (Å²) in [7, 11) is 0. The van der Waals surface area contributed by atoms with Crippen LogP contribution in [0.5, 0.6) is 5.75 Å². The molecule has 0 amide bonds. The highest BCUT2D eigenvalue weighted by molar-refractivity contribution is 6.30. The highest BCUT2D eigenvalue weighted by atomic mass is 35.5. The monoisotopic (exact) mass is 171 g/mol. The fraction of sp³-hybridized carbons (Fsp3) is 0. The number of hydrogen-bond donors (Lipinski definition) is 2. The van der Waals surface area contributed by atoms with Crippen LogP contribution in [0.3, 0.4) is 0 Å². The van der Waals surface area contributed by atoms with E-state index in [1.807, 2.05) is 0 Å². The number of phenolic OH excluding ortho intramolecular Hbond substituents is 1. The lowest BCUT2D eigenvalue weighted by Gasteiger charge is -1.87. The molecule has 0 heterocycles. The van der Waals surface area contributed by atoms with Gasteiger partial charge in [0.15, 0.2) is 0 Å². The number of halogens is 1. The van der Waals surface area contributed by atoms with E-state index in [1.165, 1.54) is 0 Å². The molecule has 1 aromatic carbocycles. The Morgan fingerprint density at radius 2 is 1.73 bits per heavy atom. The van der Waals surface area contributed by atoms with Crippen molar-refractivity contribution >= 4 is 17.7 Å². The Bertz CT molecular complexity index is 218. The molecular formula is C7H6ClNO2. The standard InChI is InChI=1S/C6H5ClO.CHNO/c7-5-1-3-6(8)4-2-5;2-1-3/h1-4,8H;2H. The van der Waals surface area contributed by atoms with Crippen molar-refractivity contribution in [3.05, 3.63) is 29.3 Å². The second kappa shape index (κ2) is 5.47. The third kappa shape index (κ3) is 5.15. The predicted molar refractivity (Wildman–Crippen MR) is 41.5 cm³/mol. The highest BCUT2D eigenvalue weighted by Crippen LogP contribution is 2.12. The number of nitrogens with one attached hydrogen (secondary N) is 1. The van der Waals surface area contributed by atoms with Crippen LogP contribution in [0, 0.1) is 5.41 Å². The minimum absolute atomic E-state index is 0.245. The van der Waals surface area contributed by atoms with Crippen molar-refractivity contribution in [2.24, 2.45) is 0 Å². The van der Waals surface area contributed by atoms with E-state index < -0.39 is 0 Å². The lowest BCUT2D eigenvalue weighted by molar-refractivity contribution is 0.475. The maximum absolute atomic E-state index is 8.70. The zero-order chi connectivity index (χ0) is 8.69. The third-order valence-electron chi connectivity index (χ3n) is 0.827. The molecule has 0 unspecified atom stereocenters. The molecule has 4 heteroatoms. The summed E-state index contributed by atoms with van der Waals surface area (Å²) < 4.78 is 0. The summed E-state index contributed by atoms with van der Waals surface area (Å²) in [5.41, 5.74) is 0. The van der Waals surface area contributed by atoms with E-state index in [-0.39, 0.29) is 5.75 Å².